The van der Waals surface area contributed by atoms with Gasteiger partial charge in [-0.1, -0.05) is 46.5 Å². The number of unbranched alkanes of at least 4 members (excludes halogenated alkanes) is 1. The quantitative estimate of drug-likeness (QED) is 0.375. The van der Waals surface area contributed by atoms with Crippen LogP contribution in [0.15, 0.2) is 12.1 Å². The molecule has 1 aliphatic rings. The molecule has 0 spiro atoms. The average molecular weight is 458 g/mol. The molecule has 0 bridgehead atoms. The molecule has 1 amide bonds. The average Bonchev–Trinajstić information content (AvgIpc) is 3.25. The standard InChI is InChI=1S/C26H43N5O2/c1-5-9-17-33-26(32)29-23-18-21-22(28-25(27-21)20-13-11-10-12-14-20)19-24(23)31(8-4)16-15-30(6-2)7-3/h18-20H,5-17H2,1-4H3,(H,27,28)(H,29,32). The van der Waals surface area contributed by atoms with E-state index in [4.69, 9.17) is 9.72 Å². The van der Waals surface area contributed by atoms with Gasteiger partial charge in [0, 0.05) is 25.6 Å². The SMILES string of the molecule is CCCCOC(=O)Nc1cc2[nH]c(C3CCCCC3)nc2cc1N(CC)CCN(CC)CC. The number of amides is 1. The number of hydrogen-bond donors (Lipinski definition) is 2. The molecular weight excluding hydrogens is 414 g/mol. The Labute approximate surface area is 199 Å². The smallest absolute Gasteiger partial charge is 0.411 e. The number of anilines is 2. The zero-order valence-corrected chi connectivity index (χ0v) is 21.1. The monoisotopic (exact) mass is 457 g/mol. The van der Waals surface area contributed by atoms with E-state index in [2.05, 4.69) is 53.9 Å². The first-order valence-electron chi connectivity index (χ1n) is 13.0. The summed E-state index contributed by atoms with van der Waals surface area (Å²) in [7, 11) is 0. The van der Waals surface area contributed by atoms with Crippen LogP contribution in [0.2, 0.25) is 0 Å². The number of nitrogens with one attached hydrogen (secondary N) is 2. The fraction of sp³-hybridized carbons (Fsp3) is 0.692. The molecule has 1 aromatic carbocycles. The second kappa shape index (κ2) is 12.8. The molecule has 3 rings (SSSR count). The largest absolute Gasteiger partial charge is 0.449 e. The summed E-state index contributed by atoms with van der Waals surface area (Å²) < 4.78 is 5.40. The van der Waals surface area contributed by atoms with Crippen molar-refractivity contribution in [2.45, 2.75) is 78.6 Å². The van der Waals surface area contributed by atoms with Gasteiger partial charge in [0.1, 0.15) is 5.82 Å². The fourth-order valence-corrected chi connectivity index (χ4v) is 4.70. The third-order valence-corrected chi connectivity index (χ3v) is 6.88. The van der Waals surface area contributed by atoms with Crippen LogP contribution in [-0.2, 0) is 4.74 Å². The molecule has 0 unspecified atom stereocenters. The Bertz CT molecular complexity index is 871. The van der Waals surface area contributed by atoms with E-state index in [0.29, 0.717) is 12.5 Å². The van der Waals surface area contributed by atoms with E-state index >= 15 is 0 Å². The zero-order valence-electron chi connectivity index (χ0n) is 21.1. The minimum Gasteiger partial charge on any atom is -0.449 e. The topological polar surface area (TPSA) is 73.5 Å². The molecule has 1 saturated carbocycles. The number of carbonyl (C=O) groups excluding carboxylic acids is 1. The summed E-state index contributed by atoms with van der Waals surface area (Å²) in [5.41, 5.74) is 3.73. The van der Waals surface area contributed by atoms with Gasteiger partial charge in [0.15, 0.2) is 0 Å². The van der Waals surface area contributed by atoms with Crippen molar-refractivity contribution in [3.05, 3.63) is 18.0 Å². The Morgan fingerprint density at radius 1 is 1.09 bits per heavy atom. The Balaban J connectivity index is 1.89. The molecule has 33 heavy (non-hydrogen) atoms. The first-order chi connectivity index (χ1) is 16.1. The summed E-state index contributed by atoms with van der Waals surface area (Å²) in [5.74, 6) is 1.60. The lowest BCUT2D eigenvalue weighted by atomic mass is 9.89. The molecule has 184 valence electrons. The van der Waals surface area contributed by atoms with Crippen molar-refractivity contribution < 1.29 is 9.53 Å². The summed E-state index contributed by atoms with van der Waals surface area (Å²) in [6, 6.07) is 4.16. The number of imidazole rings is 1. The highest BCUT2D eigenvalue weighted by Gasteiger charge is 2.21. The second-order valence-corrected chi connectivity index (χ2v) is 9.06. The number of H-pyrrole nitrogens is 1. The van der Waals surface area contributed by atoms with Crippen molar-refractivity contribution in [1.82, 2.24) is 14.9 Å². The maximum Gasteiger partial charge on any atom is 0.411 e. The van der Waals surface area contributed by atoms with Crippen LogP contribution in [-0.4, -0.2) is 60.3 Å². The molecule has 7 nitrogen and oxygen atoms in total. The highest BCUT2D eigenvalue weighted by molar-refractivity contribution is 5.95. The van der Waals surface area contributed by atoms with E-state index in [0.717, 1.165) is 73.8 Å². The number of nitrogens with zero attached hydrogens (tertiary/aromatic N) is 3. The fourth-order valence-electron chi connectivity index (χ4n) is 4.70. The van der Waals surface area contributed by atoms with Crippen LogP contribution in [0.3, 0.4) is 0 Å². The van der Waals surface area contributed by atoms with E-state index in [1.165, 1.54) is 32.1 Å². The second-order valence-electron chi connectivity index (χ2n) is 9.06. The van der Waals surface area contributed by atoms with Gasteiger partial charge in [-0.15, -0.1) is 0 Å². The van der Waals surface area contributed by atoms with Crippen LogP contribution in [0, 0.1) is 0 Å². The molecule has 1 aromatic heterocycles. The molecule has 0 saturated heterocycles. The van der Waals surface area contributed by atoms with Gasteiger partial charge < -0.3 is 19.5 Å². The maximum atomic E-state index is 12.5. The van der Waals surface area contributed by atoms with Gasteiger partial charge in [-0.05, 0) is 51.4 Å². The van der Waals surface area contributed by atoms with Gasteiger partial charge >= 0.3 is 6.09 Å². The van der Waals surface area contributed by atoms with Gasteiger partial charge in [0.05, 0.1) is 29.0 Å². The van der Waals surface area contributed by atoms with Gasteiger partial charge in [0.2, 0.25) is 0 Å². The molecule has 2 N–H and O–H groups in total. The van der Waals surface area contributed by atoms with Crippen LogP contribution in [0.25, 0.3) is 11.0 Å². The lowest BCUT2D eigenvalue weighted by Crippen LogP contribution is -2.35. The minimum absolute atomic E-state index is 0.393. The number of likely N-dealkylation sites (N-methyl/N-ethyl adjacent to an activating group) is 2. The van der Waals surface area contributed by atoms with E-state index in [1.54, 1.807) is 0 Å². The third kappa shape index (κ3) is 6.85. The van der Waals surface area contributed by atoms with Crippen LogP contribution < -0.4 is 10.2 Å². The molecule has 1 heterocycles. The number of ether oxygens (including phenoxy) is 1. The molecule has 1 aliphatic carbocycles. The van der Waals surface area contributed by atoms with Crippen LogP contribution >= 0.6 is 0 Å². The van der Waals surface area contributed by atoms with E-state index in [9.17, 15) is 4.79 Å². The number of benzene rings is 1. The number of aromatic amines is 1. The zero-order chi connectivity index (χ0) is 23.6. The van der Waals surface area contributed by atoms with Crippen LogP contribution in [0.1, 0.15) is 84.4 Å². The van der Waals surface area contributed by atoms with Crippen molar-refractivity contribution in [3.63, 3.8) is 0 Å². The first-order valence-corrected chi connectivity index (χ1v) is 13.0. The van der Waals surface area contributed by atoms with Crippen molar-refractivity contribution in [3.8, 4) is 0 Å². The maximum absolute atomic E-state index is 12.5. The highest BCUT2D eigenvalue weighted by Crippen LogP contribution is 2.35. The predicted octanol–water partition coefficient (Wildman–Crippen LogP) is 6.13. The number of carbonyl (C=O) groups is 1. The summed E-state index contributed by atoms with van der Waals surface area (Å²) in [4.78, 5) is 25.8. The van der Waals surface area contributed by atoms with Gasteiger partial charge in [-0.25, -0.2) is 9.78 Å². The van der Waals surface area contributed by atoms with Crippen LogP contribution in [0.4, 0.5) is 16.2 Å². The van der Waals surface area contributed by atoms with Crippen molar-refractivity contribution >= 4 is 28.5 Å². The molecular formula is C26H43N5O2. The van der Waals surface area contributed by atoms with Gasteiger partial charge in [-0.2, -0.15) is 0 Å². The van der Waals surface area contributed by atoms with Crippen molar-refractivity contribution in [1.29, 1.82) is 0 Å². The molecule has 7 heteroatoms. The molecule has 0 radical (unpaired) electrons. The van der Waals surface area contributed by atoms with E-state index in [-0.39, 0.29) is 0 Å². The predicted molar refractivity (Wildman–Crippen MR) is 137 cm³/mol. The number of hydrogen-bond acceptors (Lipinski definition) is 5. The summed E-state index contributed by atoms with van der Waals surface area (Å²) in [6.07, 6.45) is 7.76. The minimum atomic E-state index is -0.393. The summed E-state index contributed by atoms with van der Waals surface area (Å²) >= 11 is 0. The third-order valence-electron chi connectivity index (χ3n) is 6.88. The number of fused-ring (bicyclic) bond motifs is 1. The molecule has 0 aliphatic heterocycles. The Morgan fingerprint density at radius 2 is 1.85 bits per heavy atom. The number of aromatic nitrogens is 2. The van der Waals surface area contributed by atoms with E-state index in [1.807, 2.05) is 6.07 Å². The Kier molecular flexibility index (Phi) is 9.85. The highest BCUT2D eigenvalue weighted by atomic mass is 16.5. The summed E-state index contributed by atoms with van der Waals surface area (Å²) in [5, 5.41) is 3.02. The Hall–Kier alpha value is -2.28. The van der Waals surface area contributed by atoms with E-state index < -0.39 is 6.09 Å². The molecule has 0 atom stereocenters. The van der Waals surface area contributed by atoms with Crippen molar-refractivity contribution in [2.24, 2.45) is 0 Å². The molecule has 1 fully saturated rings. The number of rotatable bonds is 12. The van der Waals surface area contributed by atoms with Crippen molar-refractivity contribution in [2.75, 3.05) is 49.5 Å². The Morgan fingerprint density at radius 3 is 2.52 bits per heavy atom. The first kappa shape index (κ1) is 25.3. The molecule has 2 aromatic rings. The lowest BCUT2D eigenvalue weighted by Gasteiger charge is -2.28. The lowest BCUT2D eigenvalue weighted by molar-refractivity contribution is 0.160. The van der Waals surface area contributed by atoms with Crippen LogP contribution in [0.5, 0.6) is 0 Å². The van der Waals surface area contributed by atoms with Gasteiger partial charge in [-0.3, -0.25) is 5.32 Å². The van der Waals surface area contributed by atoms with Gasteiger partial charge in [0.25, 0.3) is 0 Å². The normalized spacial score (nSPS) is 14.7. The summed E-state index contributed by atoms with van der Waals surface area (Å²) in [6.45, 7) is 13.9.